The van der Waals surface area contributed by atoms with Crippen LogP contribution in [0.3, 0.4) is 0 Å². The summed E-state index contributed by atoms with van der Waals surface area (Å²) in [5.74, 6) is 0.339. The molecule has 1 amide bonds. The van der Waals surface area contributed by atoms with E-state index in [0.717, 1.165) is 67.9 Å². The molecule has 1 atom stereocenters. The van der Waals surface area contributed by atoms with Gasteiger partial charge in [-0.15, -0.1) is 0 Å². The van der Waals surface area contributed by atoms with E-state index in [9.17, 15) is 9.59 Å². The molecule has 0 radical (unpaired) electrons. The van der Waals surface area contributed by atoms with Gasteiger partial charge in [0.1, 0.15) is 11.4 Å². The monoisotopic (exact) mass is 408 g/mol. The molecule has 1 aliphatic heterocycles. The number of pyridine rings is 1. The van der Waals surface area contributed by atoms with Crippen molar-refractivity contribution in [1.29, 1.82) is 0 Å². The van der Waals surface area contributed by atoms with E-state index < -0.39 is 5.60 Å². The topological polar surface area (TPSA) is 77.5 Å². The Morgan fingerprint density at radius 3 is 2.73 bits per heavy atom. The molecular formula is C24H28N2O4. The van der Waals surface area contributed by atoms with Gasteiger partial charge in [0.25, 0.3) is 0 Å². The number of aromatic nitrogens is 1. The molecule has 3 fully saturated rings. The van der Waals surface area contributed by atoms with E-state index in [1.807, 2.05) is 30.5 Å². The van der Waals surface area contributed by atoms with Crippen LogP contribution in [0.5, 0.6) is 5.75 Å². The molecule has 6 heteroatoms. The highest BCUT2D eigenvalue weighted by atomic mass is 16.6. The van der Waals surface area contributed by atoms with Crippen LogP contribution in [0.25, 0.3) is 10.8 Å². The van der Waals surface area contributed by atoms with E-state index in [-0.39, 0.29) is 36.4 Å². The van der Waals surface area contributed by atoms with Crippen molar-refractivity contribution in [2.24, 2.45) is 5.92 Å². The molecule has 30 heavy (non-hydrogen) atoms. The first kappa shape index (κ1) is 19.3. The molecule has 1 aromatic carbocycles. The fourth-order valence-corrected chi connectivity index (χ4v) is 5.45. The molecule has 0 bridgehead atoms. The van der Waals surface area contributed by atoms with Crippen molar-refractivity contribution >= 4 is 22.6 Å². The van der Waals surface area contributed by atoms with Crippen LogP contribution in [-0.4, -0.2) is 34.6 Å². The predicted octanol–water partition coefficient (Wildman–Crippen LogP) is 3.92. The van der Waals surface area contributed by atoms with Gasteiger partial charge in [-0.3, -0.25) is 14.6 Å². The molecular weight excluding hydrogens is 380 g/mol. The molecule has 3 aliphatic rings. The van der Waals surface area contributed by atoms with E-state index >= 15 is 0 Å². The maximum absolute atomic E-state index is 13.0. The summed E-state index contributed by atoms with van der Waals surface area (Å²) in [5, 5.41) is 5.37. The third-order valence-corrected chi connectivity index (χ3v) is 7.04. The summed E-state index contributed by atoms with van der Waals surface area (Å²) in [6.07, 6.45) is 11.3. The minimum Gasteiger partial charge on any atom is -0.490 e. The van der Waals surface area contributed by atoms with E-state index in [1.165, 1.54) is 0 Å². The molecule has 158 valence electrons. The van der Waals surface area contributed by atoms with Crippen LogP contribution in [0, 0.1) is 5.92 Å². The van der Waals surface area contributed by atoms with Gasteiger partial charge in [0, 0.05) is 29.2 Å². The van der Waals surface area contributed by atoms with Crippen molar-refractivity contribution in [2.45, 2.75) is 75.5 Å². The number of ether oxygens (including phenoxy) is 2. The van der Waals surface area contributed by atoms with Gasteiger partial charge in [-0.1, -0.05) is 12.1 Å². The van der Waals surface area contributed by atoms with Crippen molar-refractivity contribution < 1.29 is 19.1 Å². The van der Waals surface area contributed by atoms with E-state index in [0.29, 0.717) is 0 Å². The average molecular weight is 408 g/mol. The Hall–Kier alpha value is -2.63. The summed E-state index contributed by atoms with van der Waals surface area (Å²) in [7, 11) is 0. The van der Waals surface area contributed by atoms with Gasteiger partial charge in [0.05, 0.1) is 18.4 Å². The van der Waals surface area contributed by atoms with Crippen molar-refractivity contribution in [3.05, 3.63) is 36.7 Å². The number of carbonyl (C=O) groups is 2. The highest BCUT2D eigenvalue weighted by molar-refractivity contribution is 5.88. The summed E-state index contributed by atoms with van der Waals surface area (Å²) in [5.41, 5.74) is -0.537. The van der Waals surface area contributed by atoms with Crippen LogP contribution < -0.4 is 10.1 Å². The number of fused-ring (bicyclic) bond motifs is 1. The molecule has 5 rings (SSSR count). The van der Waals surface area contributed by atoms with Crippen molar-refractivity contribution in [1.82, 2.24) is 10.3 Å². The number of benzene rings is 1. The number of hydrogen-bond acceptors (Lipinski definition) is 5. The molecule has 2 saturated carbocycles. The first-order chi connectivity index (χ1) is 14.6. The fraction of sp³-hybridized carbons (Fsp3) is 0.542. The number of esters is 1. The Morgan fingerprint density at radius 1 is 1.13 bits per heavy atom. The normalized spacial score (nSPS) is 27.9. The van der Waals surface area contributed by atoms with Gasteiger partial charge in [0.15, 0.2) is 0 Å². The summed E-state index contributed by atoms with van der Waals surface area (Å²) in [6, 6.07) is 8.17. The SMILES string of the molecule is O=C1CC(C(=O)NC2CCC(Oc3cccc4cnccc34)CC2)C2(CCCC2)O1. The molecule has 1 aromatic heterocycles. The van der Waals surface area contributed by atoms with E-state index in [4.69, 9.17) is 9.47 Å². The van der Waals surface area contributed by atoms with Gasteiger partial charge < -0.3 is 14.8 Å². The summed E-state index contributed by atoms with van der Waals surface area (Å²) in [6.45, 7) is 0. The second kappa shape index (κ2) is 7.89. The number of rotatable bonds is 4. The van der Waals surface area contributed by atoms with Gasteiger partial charge in [0.2, 0.25) is 5.91 Å². The predicted molar refractivity (Wildman–Crippen MR) is 112 cm³/mol. The minimum atomic E-state index is -0.537. The van der Waals surface area contributed by atoms with Crippen LogP contribution in [0.1, 0.15) is 57.8 Å². The van der Waals surface area contributed by atoms with Crippen LogP contribution in [0.2, 0.25) is 0 Å². The standard InChI is InChI=1S/C24H28N2O4/c27-22-14-20(24(30-22)11-1-2-12-24)23(28)26-17-6-8-18(9-7-17)29-21-5-3-4-16-15-25-13-10-19(16)21/h3-5,10,13,15,17-18,20H,1-2,6-9,11-12,14H2,(H,26,28). The lowest BCUT2D eigenvalue weighted by Crippen LogP contribution is -2.47. The Bertz CT molecular complexity index is 940. The molecule has 1 saturated heterocycles. The number of nitrogens with one attached hydrogen (secondary N) is 1. The van der Waals surface area contributed by atoms with Crippen molar-refractivity contribution in [3.63, 3.8) is 0 Å². The third kappa shape index (κ3) is 3.64. The lowest BCUT2D eigenvalue weighted by atomic mass is 9.84. The van der Waals surface area contributed by atoms with Gasteiger partial charge in [-0.2, -0.15) is 0 Å². The van der Waals surface area contributed by atoms with Crippen LogP contribution in [-0.2, 0) is 14.3 Å². The highest BCUT2D eigenvalue weighted by Crippen LogP contribution is 2.45. The zero-order valence-electron chi connectivity index (χ0n) is 17.1. The maximum atomic E-state index is 13.0. The second-order valence-electron chi connectivity index (χ2n) is 8.96. The molecule has 6 nitrogen and oxygen atoms in total. The van der Waals surface area contributed by atoms with Gasteiger partial charge in [-0.05, 0) is 63.5 Å². The molecule has 2 aromatic rings. The number of nitrogens with zero attached hydrogens (tertiary/aromatic N) is 1. The highest BCUT2D eigenvalue weighted by Gasteiger charge is 2.54. The fourth-order valence-electron chi connectivity index (χ4n) is 5.45. The Morgan fingerprint density at radius 2 is 1.93 bits per heavy atom. The first-order valence-corrected chi connectivity index (χ1v) is 11.1. The Balaban J connectivity index is 1.17. The first-order valence-electron chi connectivity index (χ1n) is 11.1. The largest absolute Gasteiger partial charge is 0.490 e. The quantitative estimate of drug-likeness (QED) is 0.776. The van der Waals surface area contributed by atoms with Gasteiger partial charge >= 0.3 is 5.97 Å². The minimum absolute atomic E-state index is 0.00586. The lowest BCUT2D eigenvalue weighted by Gasteiger charge is -2.32. The molecule has 2 aliphatic carbocycles. The van der Waals surface area contributed by atoms with E-state index in [1.54, 1.807) is 6.20 Å². The second-order valence-corrected chi connectivity index (χ2v) is 8.96. The zero-order valence-corrected chi connectivity index (χ0v) is 17.1. The lowest BCUT2D eigenvalue weighted by molar-refractivity contribution is -0.150. The zero-order chi connectivity index (χ0) is 20.6. The average Bonchev–Trinajstić information content (AvgIpc) is 3.36. The summed E-state index contributed by atoms with van der Waals surface area (Å²) in [4.78, 5) is 29.0. The van der Waals surface area contributed by atoms with Crippen LogP contribution in [0.4, 0.5) is 0 Å². The number of hydrogen-bond donors (Lipinski definition) is 1. The van der Waals surface area contributed by atoms with Crippen LogP contribution in [0.15, 0.2) is 36.7 Å². The smallest absolute Gasteiger partial charge is 0.307 e. The molecule has 1 unspecified atom stereocenters. The number of carbonyl (C=O) groups excluding carboxylic acids is 2. The van der Waals surface area contributed by atoms with E-state index in [2.05, 4.69) is 10.3 Å². The van der Waals surface area contributed by atoms with Crippen molar-refractivity contribution in [2.75, 3.05) is 0 Å². The Kier molecular flexibility index (Phi) is 5.09. The van der Waals surface area contributed by atoms with Crippen LogP contribution >= 0.6 is 0 Å². The summed E-state index contributed by atoms with van der Waals surface area (Å²) >= 11 is 0. The summed E-state index contributed by atoms with van der Waals surface area (Å²) < 4.78 is 11.9. The van der Waals surface area contributed by atoms with Gasteiger partial charge in [-0.25, -0.2) is 0 Å². The molecule has 1 spiro atoms. The third-order valence-electron chi connectivity index (χ3n) is 7.04. The molecule has 1 N–H and O–H groups in total. The Labute approximate surface area is 176 Å². The maximum Gasteiger partial charge on any atom is 0.307 e. The molecule has 2 heterocycles. The number of amides is 1. The van der Waals surface area contributed by atoms with Crippen molar-refractivity contribution in [3.8, 4) is 5.75 Å².